The van der Waals surface area contributed by atoms with E-state index in [0.717, 1.165) is 0 Å². The highest BCUT2D eigenvalue weighted by Crippen LogP contribution is 2.36. The first-order valence-corrected chi connectivity index (χ1v) is 16.0. The molecule has 0 radical (unpaired) electrons. The lowest BCUT2D eigenvalue weighted by Crippen LogP contribution is -2.21. The smallest absolute Gasteiger partial charge is 0.338 e. The predicted octanol–water partition coefficient (Wildman–Crippen LogP) is 4.87. The van der Waals surface area contributed by atoms with Crippen LogP contribution >= 0.6 is 11.6 Å². The van der Waals surface area contributed by atoms with Crippen molar-refractivity contribution in [1.29, 1.82) is 0 Å². The van der Waals surface area contributed by atoms with E-state index in [0.29, 0.717) is 42.9 Å². The molecule has 2 aromatic rings. The van der Waals surface area contributed by atoms with E-state index >= 15 is 0 Å². The first-order chi connectivity index (χ1) is 23.1. The Balaban J connectivity index is 1.38. The Kier molecular flexibility index (Phi) is 16.2. The molecule has 0 bridgehead atoms. The molecule has 48 heavy (non-hydrogen) atoms. The van der Waals surface area contributed by atoms with Crippen molar-refractivity contribution in [3.8, 4) is 17.2 Å². The van der Waals surface area contributed by atoms with Gasteiger partial charge in [0, 0.05) is 23.8 Å². The summed E-state index contributed by atoms with van der Waals surface area (Å²) in [6.45, 7) is -0.0171. The van der Waals surface area contributed by atoms with Gasteiger partial charge in [-0.3, -0.25) is 4.79 Å². The molecular weight excluding hydrogens is 650 g/mol. The summed E-state index contributed by atoms with van der Waals surface area (Å²) in [6, 6.07) is 11.1. The van der Waals surface area contributed by atoms with E-state index in [4.69, 9.17) is 30.5 Å². The number of benzene rings is 2. The summed E-state index contributed by atoms with van der Waals surface area (Å²) >= 11 is 5.95. The number of carbonyl (C=O) groups excluding carboxylic acids is 2. The van der Waals surface area contributed by atoms with Crippen molar-refractivity contribution in [2.75, 3.05) is 26.9 Å². The Bertz CT molecular complexity index is 1400. The van der Waals surface area contributed by atoms with Gasteiger partial charge in [-0.05, 0) is 74.4 Å². The van der Waals surface area contributed by atoms with E-state index in [1.807, 2.05) is 12.2 Å². The number of unbranched alkanes of at least 4 members (excludes halogenated alkanes) is 2. The van der Waals surface area contributed by atoms with Crippen LogP contribution in [0.25, 0.3) is 0 Å². The van der Waals surface area contributed by atoms with Gasteiger partial charge in [-0.25, -0.2) is 4.79 Å². The number of ether oxygens (including phenoxy) is 4. The zero-order valence-electron chi connectivity index (χ0n) is 26.6. The van der Waals surface area contributed by atoms with Crippen LogP contribution in [-0.4, -0.2) is 77.6 Å². The summed E-state index contributed by atoms with van der Waals surface area (Å²) in [5, 5.41) is 41.1. The SMILES string of the molecule is COc1cc(C(=O)OCCCCO[N+](=O)[O-])ccc1OC(=O)CCCC=CC[C@@H]1[C@@H](C=C[C@@H](O)COc2cccc(Cl)c2)[C@H](O)C[C@@H]1O. The number of rotatable bonds is 20. The average molecular weight is 692 g/mol. The van der Waals surface area contributed by atoms with E-state index in [1.54, 1.807) is 36.4 Å². The molecule has 0 aromatic heterocycles. The number of esters is 2. The van der Waals surface area contributed by atoms with Gasteiger partial charge in [0.25, 0.3) is 5.09 Å². The summed E-state index contributed by atoms with van der Waals surface area (Å²) in [5.41, 5.74) is 0.190. The lowest BCUT2D eigenvalue weighted by atomic mass is 9.89. The quantitative estimate of drug-likeness (QED) is 0.0428. The van der Waals surface area contributed by atoms with Gasteiger partial charge >= 0.3 is 11.9 Å². The molecule has 1 aliphatic rings. The van der Waals surface area contributed by atoms with E-state index in [9.17, 15) is 35.0 Å². The lowest BCUT2D eigenvalue weighted by Gasteiger charge is -2.19. The molecule has 5 atom stereocenters. The van der Waals surface area contributed by atoms with Gasteiger partial charge in [-0.1, -0.05) is 42.0 Å². The lowest BCUT2D eigenvalue weighted by molar-refractivity contribution is -0.757. The van der Waals surface area contributed by atoms with Gasteiger partial charge in [-0.2, -0.15) is 0 Å². The number of nitrogens with zero attached hydrogens (tertiary/aromatic N) is 1. The molecule has 0 aliphatic heterocycles. The number of halogens is 1. The van der Waals surface area contributed by atoms with E-state index in [-0.39, 0.29) is 61.6 Å². The minimum atomic E-state index is -0.910. The van der Waals surface area contributed by atoms with Crippen molar-refractivity contribution < 1.29 is 53.8 Å². The van der Waals surface area contributed by atoms with Crippen LogP contribution in [0, 0.1) is 22.0 Å². The molecule has 1 fully saturated rings. The number of carbonyl (C=O) groups is 2. The molecule has 1 aliphatic carbocycles. The third-order valence-corrected chi connectivity index (χ3v) is 7.84. The molecule has 262 valence electrons. The fraction of sp³-hybridized carbons (Fsp3) is 0.471. The van der Waals surface area contributed by atoms with Gasteiger partial charge in [0.2, 0.25) is 0 Å². The maximum Gasteiger partial charge on any atom is 0.338 e. The number of hydrogen-bond acceptors (Lipinski definition) is 12. The van der Waals surface area contributed by atoms with Gasteiger partial charge < -0.3 is 39.1 Å². The molecule has 0 unspecified atom stereocenters. The van der Waals surface area contributed by atoms with Crippen LogP contribution in [-0.2, 0) is 14.4 Å². The van der Waals surface area contributed by atoms with Gasteiger partial charge in [-0.15, -0.1) is 10.1 Å². The predicted molar refractivity (Wildman–Crippen MR) is 174 cm³/mol. The van der Waals surface area contributed by atoms with Gasteiger partial charge in [0.05, 0.1) is 38.1 Å². The van der Waals surface area contributed by atoms with Crippen LogP contribution < -0.4 is 14.2 Å². The number of methoxy groups -OCH3 is 1. The highest BCUT2D eigenvalue weighted by Gasteiger charge is 2.39. The molecule has 2 aromatic carbocycles. The second kappa shape index (κ2) is 20.3. The first-order valence-electron chi connectivity index (χ1n) is 15.7. The molecule has 0 spiro atoms. The monoisotopic (exact) mass is 691 g/mol. The van der Waals surface area contributed by atoms with Gasteiger partial charge in [0.1, 0.15) is 18.5 Å². The van der Waals surface area contributed by atoms with Crippen LogP contribution in [0.2, 0.25) is 5.02 Å². The van der Waals surface area contributed by atoms with Crippen molar-refractivity contribution in [1.82, 2.24) is 0 Å². The Hall–Kier alpha value is -4.17. The largest absolute Gasteiger partial charge is 0.493 e. The number of aliphatic hydroxyl groups excluding tert-OH is 3. The Labute approximate surface area is 283 Å². The van der Waals surface area contributed by atoms with Crippen LogP contribution in [0.5, 0.6) is 17.2 Å². The number of allylic oxidation sites excluding steroid dienone is 2. The maximum atomic E-state index is 12.5. The van der Waals surface area contributed by atoms with E-state index in [1.165, 1.54) is 25.3 Å². The van der Waals surface area contributed by atoms with Crippen molar-refractivity contribution in [2.45, 2.75) is 63.3 Å². The average Bonchev–Trinajstić information content (AvgIpc) is 3.33. The fourth-order valence-corrected chi connectivity index (χ4v) is 5.32. The minimum absolute atomic E-state index is 0.0107. The van der Waals surface area contributed by atoms with Crippen molar-refractivity contribution in [3.05, 3.63) is 87.5 Å². The van der Waals surface area contributed by atoms with Gasteiger partial charge in [0.15, 0.2) is 11.5 Å². The van der Waals surface area contributed by atoms with Crippen molar-refractivity contribution in [3.63, 3.8) is 0 Å². The molecule has 3 rings (SSSR count). The topological polar surface area (TPSA) is 184 Å². The minimum Gasteiger partial charge on any atom is -0.493 e. The first kappa shape index (κ1) is 38.3. The summed E-state index contributed by atoms with van der Waals surface area (Å²) in [7, 11) is 1.38. The molecule has 1 saturated carbocycles. The molecule has 3 N–H and O–H groups in total. The highest BCUT2D eigenvalue weighted by molar-refractivity contribution is 6.30. The van der Waals surface area contributed by atoms with E-state index in [2.05, 4.69) is 4.84 Å². The summed E-state index contributed by atoms with van der Waals surface area (Å²) in [6.07, 6.45) is 7.48. The summed E-state index contributed by atoms with van der Waals surface area (Å²) in [4.78, 5) is 39.1. The van der Waals surface area contributed by atoms with Crippen LogP contribution in [0.1, 0.15) is 55.3 Å². The molecule has 0 amide bonds. The summed E-state index contributed by atoms with van der Waals surface area (Å²) < 4.78 is 21.4. The molecule has 0 heterocycles. The number of hydrogen-bond donors (Lipinski definition) is 3. The molecule has 14 heteroatoms. The third kappa shape index (κ3) is 13.1. The molecule has 0 saturated heterocycles. The Morgan fingerprint density at radius 2 is 1.85 bits per heavy atom. The van der Waals surface area contributed by atoms with Crippen molar-refractivity contribution in [2.24, 2.45) is 11.8 Å². The molecular formula is C34H42ClNO12. The zero-order chi connectivity index (χ0) is 34.9. The van der Waals surface area contributed by atoms with Crippen molar-refractivity contribution >= 4 is 23.5 Å². The Morgan fingerprint density at radius 3 is 2.60 bits per heavy atom. The second-order valence-electron chi connectivity index (χ2n) is 11.2. The second-order valence-corrected chi connectivity index (χ2v) is 11.6. The Morgan fingerprint density at radius 1 is 1.06 bits per heavy atom. The normalized spacial score (nSPS) is 19.7. The number of aliphatic hydroxyl groups is 3. The fourth-order valence-electron chi connectivity index (χ4n) is 5.14. The maximum absolute atomic E-state index is 12.5. The molecule has 13 nitrogen and oxygen atoms in total. The highest BCUT2D eigenvalue weighted by atomic mass is 35.5. The summed E-state index contributed by atoms with van der Waals surface area (Å²) in [5.74, 6) is -0.807. The van der Waals surface area contributed by atoms with Crippen LogP contribution in [0.15, 0.2) is 66.8 Å². The van der Waals surface area contributed by atoms with E-state index < -0.39 is 35.3 Å². The zero-order valence-corrected chi connectivity index (χ0v) is 27.4. The standard InChI is InChI=1S/C34H42ClNO12/c1-44-32-19-23(34(41)45-17-6-7-18-47-36(42)43)13-16-31(32)48-33(40)12-5-3-2-4-11-27-28(30(39)21-29(27)38)15-14-25(37)22-46-26-10-8-9-24(35)20-26/h2,4,8-10,13-16,19-20,25,27-30,37-39H,3,5-7,11-12,17-18,21-22H2,1H3/t25-,27-,28-,29+,30-/m1/s1. The van der Waals surface area contributed by atoms with Crippen LogP contribution in [0.4, 0.5) is 0 Å². The van der Waals surface area contributed by atoms with Crippen LogP contribution in [0.3, 0.4) is 0 Å². The third-order valence-electron chi connectivity index (χ3n) is 7.61.